The van der Waals surface area contributed by atoms with Crippen LogP contribution in [0.1, 0.15) is 30.1 Å². The van der Waals surface area contributed by atoms with Gasteiger partial charge in [0.15, 0.2) is 0 Å². The molecule has 130 valence electrons. The van der Waals surface area contributed by atoms with Crippen LogP contribution in [0.15, 0.2) is 18.2 Å². The second kappa shape index (κ2) is 7.76. The molecule has 0 radical (unpaired) electrons. The highest BCUT2D eigenvalue weighted by molar-refractivity contribution is 6.00. The Morgan fingerprint density at radius 2 is 2.00 bits per heavy atom. The quantitative estimate of drug-likeness (QED) is 0.624. The molecule has 0 bridgehead atoms. The molecule has 2 rings (SSSR count). The van der Waals surface area contributed by atoms with Gasteiger partial charge in [-0.3, -0.25) is 19.7 Å². The first-order chi connectivity index (χ1) is 11.5. The van der Waals surface area contributed by atoms with Crippen LogP contribution in [0, 0.1) is 16.0 Å². The van der Waals surface area contributed by atoms with Gasteiger partial charge in [-0.1, -0.05) is 0 Å². The molecule has 8 nitrogen and oxygen atoms in total. The zero-order chi connectivity index (χ0) is 17.7. The van der Waals surface area contributed by atoms with E-state index in [1.165, 1.54) is 19.2 Å². The van der Waals surface area contributed by atoms with E-state index in [1.54, 1.807) is 6.07 Å². The average Bonchev–Trinajstić information content (AvgIpc) is 2.60. The fourth-order valence-electron chi connectivity index (χ4n) is 2.93. The summed E-state index contributed by atoms with van der Waals surface area (Å²) in [5.41, 5.74) is 0.826. The molecular formula is C16H22N4O4. The fourth-order valence-corrected chi connectivity index (χ4v) is 2.93. The van der Waals surface area contributed by atoms with Gasteiger partial charge in [0.1, 0.15) is 0 Å². The minimum Gasteiger partial charge on any atom is -0.371 e. The van der Waals surface area contributed by atoms with Crippen molar-refractivity contribution in [2.45, 2.75) is 19.8 Å². The van der Waals surface area contributed by atoms with Crippen LogP contribution in [0.4, 0.5) is 11.4 Å². The Labute approximate surface area is 140 Å². The number of carbonyl (C=O) groups is 2. The molecule has 24 heavy (non-hydrogen) atoms. The molecule has 0 spiro atoms. The Bertz CT molecular complexity index is 639. The van der Waals surface area contributed by atoms with Crippen LogP contribution in [0.2, 0.25) is 0 Å². The van der Waals surface area contributed by atoms with Gasteiger partial charge in [-0.2, -0.15) is 0 Å². The Morgan fingerprint density at radius 3 is 2.54 bits per heavy atom. The minimum absolute atomic E-state index is 0.0253. The van der Waals surface area contributed by atoms with Crippen molar-refractivity contribution in [3.8, 4) is 0 Å². The number of nitrogens with one attached hydrogen (secondary N) is 2. The zero-order valence-electron chi connectivity index (χ0n) is 13.9. The van der Waals surface area contributed by atoms with Crippen LogP contribution in [-0.4, -0.2) is 43.4 Å². The molecule has 0 unspecified atom stereocenters. The Balaban J connectivity index is 2.19. The van der Waals surface area contributed by atoms with E-state index in [0.717, 1.165) is 0 Å². The molecule has 1 aliphatic heterocycles. The van der Waals surface area contributed by atoms with E-state index < -0.39 is 4.92 Å². The van der Waals surface area contributed by atoms with Gasteiger partial charge in [0, 0.05) is 44.7 Å². The lowest BCUT2D eigenvalue weighted by Crippen LogP contribution is -2.41. The highest BCUT2D eigenvalue weighted by Crippen LogP contribution is 2.29. The molecule has 1 heterocycles. The minimum atomic E-state index is -0.516. The number of hydrogen-bond donors (Lipinski definition) is 2. The smallest absolute Gasteiger partial charge is 0.270 e. The van der Waals surface area contributed by atoms with Crippen LogP contribution < -0.4 is 15.5 Å². The van der Waals surface area contributed by atoms with E-state index in [1.807, 2.05) is 11.8 Å². The number of piperidine rings is 1. The molecule has 0 aromatic heterocycles. The van der Waals surface area contributed by atoms with Gasteiger partial charge in [0.05, 0.1) is 16.2 Å². The third-order valence-electron chi connectivity index (χ3n) is 4.22. The second-order valence-electron chi connectivity index (χ2n) is 5.69. The first-order valence-corrected chi connectivity index (χ1v) is 8.01. The van der Waals surface area contributed by atoms with E-state index >= 15 is 0 Å². The monoisotopic (exact) mass is 334 g/mol. The second-order valence-corrected chi connectivity index (χ2v) is 5.69. The van der Waals surface area contributed by atoms with E-state index in [2.05, 4.69) is 10.6 Å². The maximum absolute atomic E-state index is 12.1. The zero-order valence-corrected chi connectivity index (χ0v) is 13.9. The van der Waals surface area contributed by atoms with E-state index in [9.17, 15) is 19.7 Å². The van der Waals surface area contributed by atoms with Crippen molar-refractivity contribution < 1.29 is 14.5 Å². The predicted octanol–water partition coefficient (Wildman–Crippen LogP) is 1.31. The number of amides is 2. The largest absolute Gasteiger partial charge is 0.371 e. The summed E-state index contributed by atoms with van der Waals surface area (Å²) in [5, 5.41) is 16.3. The standard InChI is InChI=1S/C16H22N4O4/c1-3-18-15(21)11-6-8-19(9-7-11)14-5-4-12(20(23)24)10-13(14)16(22)17-2/h4-5,10-11H,3,6-9H2,1-2H3,(H,17,22)(H,18,21). The number of nitro groups is 1. The Morgan fingerprint density at radius 1 is 1.33 bits per heavy atom. The third kappa shape index (κ3) is 3.81. The number of non-ortho nitro benzene ring substituents is 1. The maximum Gasteiger partial charge on any atom is 0.270 e. The highest BCUT2D eigenvalue weighted by Gasteiger charge is 2.27. The number of carbonyl (C=O) groups excluding carboxylic acids is 2. The third-order valence-corrected chi connectivity index (χ3v) is 4.22. The van der Waals surface area contributed by atoms with E-state index in [0.29, 0.717) is 38.2 Å². The number of nitro benzene ring substituents is 1. The van der Waals surface area contributed by atoms with Crippen molar-refractivity contribution in [2.24, 2.45) is 5.92 Å². The Hall–Kier alpha value is -2.64. The van der Waals surface area contributed by atoms with Crippen LogP contribution in [0.5, 0.6) is 0 Å². The van der Waals surface area contributed by atoms with Crippen molar-refractivity contribution in [1.82, 2.24) is 10.6 Å². The maximum atomic E-state index is 12.1. The highest BCUT2D eigenvalue weighted by atomic mass is 16.6. The van der Waals surface area contributed by atoms with E-state index in [4.69, 9.17) is 0 Å². The first-order valence-electron chi connectivity index (χ1n) is 8.01. The lowest BCUT2D eigenvalue weighted by atomic mass is 9.95. The topological polar surface area (TPSA) is 105 Å². The van der Waals surface area contributed by atoms with Crippen molar-refractivity contribution in [1.29, 1.82) is 0 Å². The molecule has 0 atom stereocenters. The summed E-state index contributed by atoms with van der Waals surface area (Å²) < 4.78 is 0. The van der Waals surface area contributed by atoms with Gasteiger partial charge in [-0.05, 0) is 25.8 Å². The summed E-state index contributed by atoms with van der Waals surface area (Å²) in [5.74, 6) is -0.324. The van der Waals surface area contributed by atoms with Crippen molar-refractivity contribution >= 4 is 23.2 Å². The number of anilines is 1. The molecule has 0 saturated carbocycles. The molecule has 1 aromatic carbocycles. The summed E-state index contributed by atoms with van der Waals surface area (Å²) in [7, 11) is 1.49. The normalized spacial score (nSPS) is 15.0. The van der Waals surface area contributed by atoms with Crippen LogP contribution >= 0.6 is 0 Å². The van der Waals surface area contributed by atoms with Crippen molar-refractivity contribution in [3.05, 3.63) is 33.9 Å². The summed E-state index contributed by atoms with van der Waals surface area (Å²) >= 11 is 0. The molecule has 1 aromatic rings. The van der Waals surface area contributed by atoms with Crippen molar-refractivity contribution in [3.63, 3.8) is 0 Å². The van der Waals surface area contributed by atoms with Gasteiger partial charge in [0.25, 0.3) is 11.6 Å². The molecule has 1 saturated heterocycles. The van der Waals surface area contributed by atoms with Crippen LogP contribution in [-0.2, 0) is 4.79 Å². The molecule has 8 heteroatoms. The SMILES string of the molecule is CCNC(=O)C1CCN(c2ccc([N+](=O)[O-])cc2C(=O)NC)CC1. The lowest BCUT2D eigenvalue weighted by Gasteiger charge is -2.33. The first kappa shape index (κ1) is 17.7. The average molecular weight is 334 g/mol. The van der Waals surface area contributed by atoms with Gasteiger partial charge in [0.2, 0.25) is 5.91 Å². The number of nitrogens with zero attached hydrogens (tertiary/aromatic N) is 2. The number of benzene rings is 1. The van der Waals surface area contributed by atoms with Gasteiger partial charge in [-0.15, -0.1) is 0 Å². The summed E-state index contributed by atoms with van der Waals surface area (Å²) in [6, 6.07) is 4.30. The van der Waals surface area contributed by atoms with Crippen LogP contribution in [0.3, 0.4) is 0 Å². The number of hydrogen-bond acceptors (Lipinski definition) is 5. The fraction of sp³-hybridized carbons (Fsp3) is 0.500. The Kier molecular flexibility index (Phi) is 5.73. The van der Waals surface area contributed by atoms with E-state index in [-0.39, 0.29) is 29.0 Å². The summed E-state index contributed by atoms with van der Waals surface area (Å²) in [6.07, 6.45) is 1.38. The van der Waals surface area contributed by atoms with Gasteiger partial charge >= 0.3 is 0 Å². The van der Waals surface area contributed by atoms with Crippen molar-refractivity contribution in [2.75, 3.05) is 31.6 Å². The predicted molar refractivity (Wildman–Crippen MR) is 90.1 cm³/mol. The molecular weight excluding hydrogens is 312 g/mol. The molecule has 2 N–H and O–H groups in total. The number of rotatable bonds is 5. The van der Waals surface area contributed by atoms with Crippen LogP contribution in [0.25, 0.3) is 0 Å². The summed E-state index contributed by atoms with van der Waals surface area (Å²) in [4.78, 5) is 36.4. The van der Waals surface area contributed by atoms with Gasteiger partial charge < -0.3 is 15.5 Å². The molecule has 1 aliphatic rings. The summed E-state index contributed by atoms with van der Waals surface area (Å²) in [6.45, 7) is 3.76. The molecule has 1 fully saturated rings. The molecule has 2 amide bonds. The molecule has 0 aliphatic carbocycles. The van der Waals surface area contributed by atoms with Gasteiger partial charge in [-0.25, -0.2) is 0 Å². The lowest BCUT2D eigenvalue weighted by molar-refractivity contribution is -0.384.